The first-order valence-electron chi connectivity index (χ1n) is 6.64. The van der Waals surface area contributed by atoms with Gasteiger partial charge < -0.3 is 9.88 Å². The number of aryl methyl sites for hydroxylation is 1. The van der Waals surface area contributed by atoms with E-state index >= 15 is 0 Å². The molecule has 8 nitrogen and oxygen atoms in total. The van der Waals surface area contributed by atoms with E-state index in [1.807, 2.05) is 10.6 Å². The highest BCUT2D eigenvalue weighted by Crippen LogP contribution is 2.19. The molecule has 0 spiro atoms. The van der Waals surface area contributed by atoms with Gasteiger partial charge in [0.25, 0.3) is 0 Å². The Kier molecular flexibility index (Phi) is 5.08. The van der Waals surface area contributed by atoms with Crippen molar-refractivity contribution >= 4 is 15.7 Å². The number of unbranched alkanes of at least 4 members (excludes halogenated alkanes) is 1. The van der Waals surface area contributed by atoms with Gasteiger partial charge in [-0.25, -0.2) is 13.6 Å². The van der Waals surface area contributed by atoms with Crippen LogP contribution in [-0.2, 0) is 16.6 Å². The maximum Gasteiger partial charge on any atom is 0.238 e. The van der Waals surface area contributed by atoms with Crippen molar-refractivity contribution in [1.29, 1.82) is 5.26 Å². The normalized spacial score (nSPS) is 11.1. The van der Waals surface area contributed by atoms with E-state index in [1.54, 1.807) is 18.7 Å². The molecule has 3 N–H and O–H groups in total. The Hall–Kier alpha value is -2.44. The summed E-state index contributed by atoms with van der Waals surface area (Å²) in [5.74, 6) is 0. The van der Waals surface area contributed by atoms with Crippen molar-refractivity contribution in [2.75, 3.05) is 11.9 Å². The molecule has 9 heteroatoms. The van der Waals surface area contributed by atoms with Gasteiger partial charge in [0.15, 0.2) is 0 Å². The fraction of sp³-hybridized carbons (Fsp3) is 0.308. The van der Waals surface area contributed by atoms with Crippen LogP contribution >= 0.6 is 0 Å². The molecule has 0 aliphatic heterocycles. The molecule has 0 radical (unpaired) electrons. The number of aromatic nitrogens is 3. The Morgan fingerprint density at radius 2 is 2.00 bits per heavy atom. The Labute approximate surface area is 128 Å². The van der Waals surface area contributed by atoms with Crippen molar-refractivity contribution in [2.24, 2.45) is 5.14 Å². The Morgan fingerprint density at radius 3 is 2.64 bits per heavy atom. The number of anilines is 1. The fourth-order valence-electron chi connectivity index (χ4n) is 1.93. The highest BCUT2D eigenvalue weighted by atomic mass is 32.2. The predicted octanol–water partition coefficient (Wildman–Crippen LogP) is 0.689. The zero-order valence-electron chi connectivity index (χ0n) is 11.8. The van der Waals surface area contributed by atoms with E-state index in [0.717, 1.165) is 19.4 Å². The zero-order chi connectivity index (χ0) is 16.0. The smallest absolute Gasteiger partial charge is 0.238 e. The molecule has 0 saturated carbocycles. The van der Waals surface area contributed by atoms with Gasteiger partial charge in [0.2, 0.25) is 10.0 Å². The predicted molar refractivity (Wildman–Crippen MR) is 80.3 cm³/mol. The Balaban J connectivity index is 1.88. The largest absolute Gasteiger partial charge is 0.384 e. The van der Waals surface area contributed by atoms with Crippen molar-refractivity contribution < 1.29 is 8.42 Å². The highest BCUT2D eigenvalue weighted by Gasteiger charge is 2.11. The lowest BCUT2D eigenvalue weighted by Crippen LogP contribution is -2.13. The fourth-order valence-corrected chi connectivity index (χ4v) is 2.47. The van der Waals surface area contributed by atoms with Gasteiger partial charge in [0.05, 0.1) is 16.1 Å². The van der Waals surface area contributed by atoms with Crippen LogP contribution in [-0.4, -0.2) is 29.7 Å². The van der Waals surface area contributed by atoms with Gasteiger partial charge in [-0.3, -0.25) is 0 Å². The molecule has 0 unspecified atom stereocenters. The number of hydrogen-bond donors (Lipinski definition) is 2. The number of nitrogens with two attached hydrogens (primary N) is 1. The molecule has 0 saturated heterocycles. The average Bonchev–Trinajstić information content (AvgIpc) is 2.99. The van der Waals surface area contributed by atoms with E-state index in [1.165, 1.54) is 12.1 Å². The number of sulfonamides is 1. The molecule has 116 valence electrons. The van der Waals surface area contributed by atoms with Crippen molar-refractivity contribution in [1.82, 2.24) is 14.8 Å². The molecule has 22 heavy (non-hydrogen) atoms. The van der Waals surface area contributed by atoms with E-state index in [9.17, 15) is 8.42 Å². The standard InChI is InChI=1S/C13H16N6O2S/c14-8-11-7-12(22(15,20)21)3-4-13(11)16-5-1-2-6-19-9-17-18-10-19/h3-4,7,9-10,16H,1-2,5-6H2,(H2,15,20,21). The van der Waals surface area contributed by atoms with Crippen molar-refractivity contribution in [3.63, 3.8) is 0 Å². The van der Waals surface area contributed by atoms with Crippen LogP contribution < -0.4 is 10.5 Å². The lowest BCUT2D eigenvalue weighted by Gasteiger charge is -2.09. The van der Waals surface area contributed by atoms with Gasteiger partial charge in [-0.1, -0.05) is 0 Å². The van der Waals surface area contributed by atoms with E-state index < -0.39 is 10.0 Å². The lowest BCUT2D eigenvalue weighted by molar-refractivity contribution is 0.598. The van der Waals surface area contributed by atoms with Gasteiger partial charge in [0, 0.05) is 13.1 Å². The molecule has 0 aliphatic rings. The SMILES string of the molecule is N#Cc1cc(S(N)(=O)=O)ccc1NCCCCn1cnnc1. The first kappa shape index (κ1) is 15.9. The summed E-state index contributed by atoms with van der Waals surface area (Å²) in [5, 5.41) is 24.7. The summed E-state index contributed by atoms with van der Waals surface area (Å²) < 4.78 is 24.4. The van der Waals surface area contributed by atoms with Gasteiger partial charge >= 0.3 is 0 Å². The van der Waals surface area contributed by atoms with Crippen LogP contribution in [0.4, 0.5) is 5.69 Å². The monoisotopic (exact) mass is 320 g/mol. The van der Waals surface area contributed by atoms with Gasteiger partial charge in [-0.15, -0.1) is 10.2 Å². The molecule has 1 heterocycles. The second kappa shape index (κ2) is 7.02. The molecule has 0 atom stereocenters. The quantitative estimate of drug-likeness (QED) is 0.723. The first-order valence-corrected chi connectivity index (χ1v) is 8.18. The third-order valence-corrected chi connectivity index (χ3v) is 3.98. The number of nitrogens with one attached hydrogen (secondary N) is 1. The minimum Gasteiger partial charge on any atom is -0.384 e. The maximum absolute atomic E-state index is 11.3. The molecule has 1 aromatic heterocycles. The van der Waals surface area contributed by atoms with E-state index in [2.05, 4.69) is 15.5 Å². The topological polar surface area (TPSA) is 127 Å². The van der Waals surface area contributed by atoms with E-state index in [-0.39, 0.29) is 10.5 Å². The molecule has 0 fully saturated rings. The highest BCUT2D eigenvalue weighted by molar-refractivity contribution is 7.89. The summed E-state index contributed by atoms with van der Waals surface area (Å²) in [5.41, 5.74) is 0.851. The van der Waals surface area contributed by atoms with Gasteiger partial charge in [-0.05, 0) is 31.0 Å². The first-order chi connectivity index (χ1) is 10.5. The summed E-state index contributed by atoms with van der Waals surface area (Å²) in [4.78, 5) is -0.0674. The average molecular weight is 320 g/mol. The van der Waals surface area contributed by atoms with Crippen LogP contribution in [0, 0.1) is 11.3 Å². The van der Waals surface area contributed by atoms with Gasteiger partial charge in [-0.2, -0.15) is 5.26 Å². The Bertz CT molecular complexity index is 764. The van der Waals surface area contributed by atoms with Crippen LogP contribution in [0.15, 0.2) is 35.7 Å². The lowest BCUT2D eigenvalue weighted by atomic mass is 10.2. The summed E-state index contributed by atoms with van der Waals surface area (Å²) in [6.45, 7) is 1.50. The second-order valence-electron chi connectivity index (χ2n) is 4.70. The van der Waals surface area contributed by atoms with Crippen LogP contribution in [0.3, 0.4) is 0 Å². The molecule has 2 aromatic rings. The number of primary sulfonamides is 1. The molecular formula is C13H16N6O2S. The number of nitriles is 1. The number of nitrogens with zero attached hydrogens (tertiary/aromatic N) is 4. The minimum atomic E-state index is -3.80. The summed E-state index contributed by atoms with van der Waals surface area (Å²) >= 11 is 0. The molecular weight excluding hydrogens is 304 g/mol. The summed E-state index contributed by atoms with van der Waals surface area (Å²) in [6.07, 6.45) is 5.14. The number of benzene rings is 1. The van der Waals surface area contributed by atoms with Crippen LogP contribution in [0.25, 0.3) is 0 Å². The maximum atomic E-state index is 11.3. The van der Waals surface area contributed by atoms with Crippen molar-refractivity contribution in [2.45, 2.75) is 24.3 Å². The van der Waals surface area contributed by atoms with Crippen LogP contribution in [0.1, 0.15) is 18.4 Å². The van der Waals surface area contributed by atoms with Crippen LogP contribution in [0.5, 0.6) is 0 Å². The molecule has 2 rings (SSSR count). The third-order valence-electron chi connectivity index (χ3n) is 3.07. The van der Waals surface area contributed by atoms with Crippen molar-refractivity contribution in [3.05, 3.63) is 36.4 Å². The zero-order valence-corrected chi connectivity index (χ0v) is 12.6. The summed E-state index contributed by atoms with van der Waals surface area (Å²) in [7, 11) is -3.80. The minimum absolute atomic E-state index is 0.0674. The van der Waals surface area contributed by atoms with Crippen molar-refractivity contribution in [3.8, 4) is 6.07 Å². The number of rotatable bonds is 7. The van der Waals surface area contributed by atoms with Crippen LogP contribution in [0.2, 0.25) is 0 Å². The summed E-state index contributed by atoms with van der Waals surface area (Å²) in [6, 6.07) is 6.18. The molecule has 0 aliphatic carbocycles. The third kappa shape index (κ3) is 4.28. The van der Waals surface area contributed by atoms with E-state index in [4.69, 9.17) is 10.4 Å². The molecule has 0 amide bonds. The van der Waals surface area contributed by atoms with Gasteiger partial charge in [0.1, 0.15) is 18.7 Å². The van der Waals surface area contributed by atoms with E-state index in [0.29, 0.717) is 12.2 Å². The number of hydrogen-bond acceptors (Lipinski definition) is 6. The molecule has 1 aromatic carbocycles. The second-order valence-corrected chi connectivity index (χ2v) is 6.26. The Morgan fingerprint density at radius 1 is 1.27 bits per heavy atom. The molecule has 0 bridgehead atoms.